The predicted molar refractivity (Wildman–Crippen MR) is 74.4 cm³/mol. The molecule has 3 N–H and O–H groups in total. The Morgan fingerprint density at radius 1 is 1.44 bits per heavy atom. The number of thioether (sulfide) groups is 1. The summed E-state index contributed by atoms with van der Waals surface area (Å²) in [6.07, 6.45) is 1.76. The molecule has 1 aromatic carbocycles. The van der Waals surface area contributed by atoms with Crippen LogP contribution in [0.2, 0.25) is 0 Å². The Morgan fingerprint density at radius 2 is 2.06 bits per heavy atom. The molecule has 94 valence electrons. The number of rotatable bonds is 3. The first-order valence-electron chi connectivity index (χ1n) is 4.96. The van der Waals surface area contributed by atoms with E-state index in [0.717, 1.165) is 10.2 Å². The smallest absolute Gasteiger partial charge is 0.342 e. The van der Waals surface area contributed by atoms with Crippen molar-refractivity contribution in [3.05, 3.63) is 34.3 Å². The molecular weight excluding hydrogens is 318 g/mol. The summed E-state index contributed by atoms with van der Waals surface area (Å²) in [5.41, 5.74) is 6.61. The third-order valence-corrected chi connectivity index (χ3v) is 3.57. The highest BCUT2D eigenvalue weighted by Gasteiger charge is 2.21. The quantitative estimate of drug-likeness (QED) is 0.847. The van der Waals surface area contributed by atoms with E-state index in [2.05, 4.69) is 21.0 Å². The van der Waals surface area contributed by atoms with Gasteiger partial charge in [0.25, 0.3) is 0 Å². The second-order valence-electron chi connectivity index (χ2n) is 3.46. The van der Waals surface area contributed by atoms with Crippen molar-refractivity contribution in [2.75, 3.05) is 12.0 Å². The van der Waals surface area contributed by atoms with Gasteiger partial charge in [0.2, 0.25) is 0 Å². The maximum atomic E-state index is 11.1. The van der Waals surface area contributed by atoms with Crippen LogP contribution in [0.15, 0.2) is 33.8 Å². The van der Waals surface area contributed by atoms with Crippen molar-refractivity contribution in [2.45, 2.75) is 5.03 Å². The van der Waals surface area contributed by atoms with Crippen molar-refractivity contribution in [3.8, 4) is 5.69 Å². The number of aromatic carboxylic acids is 1. The van der Waals surface area contributed by atoms with Crippen LogP contribution in [-0.4, -0.2) is 27.1 Å². The Kier molecular flexibility index (Phi) is 3.63. The van der Waals surface area contributed by atoms with Crippen LogP contribution in [0.3, 0.4) is 0 Å². The van der Waals surface area contributed by atoms with Crippen LogP contribution < -0.4 is 5.73 Å². The van der Waals surface area contributed by atoms with Gasteiger partial charge >= 0.3 is 5.97 Å². The van der Waals surface area contributed by atoms with Gasteiger partial charge in [-0.25, -0.2) is 9.48 Å². The molecule has 5 nitrogen and oxygen atoms in total. The van der Waals surface area contributed by atoms with Gasteiger partial charge in [-0.2, -0.15) is 5.10 Å². The van der Waals surface area contributed by atoms with Gasteiger partial charge in [0.15, 0.2) is 0 Å². The molecular formula is C11H10BrN3O2S. The number of hydrogen-bond donors (Lipinski definition) is 2. The van der Waals surface area contributed by atoms with Gasteiger partial charge in [0.1, 0.15) is 16.4 Å². The van der Waals surface area contributed by atoms with Crippen LogP contribution >= 0.6 is 27.7 Å². The molecule has 18 heavy (non-hydrogen) atoms. The van der Waals surface area contributed by atoms with E-state index in [0.29, 0.717) is 5.03 Å². The lowest BCUT2D eigenvalue weighted by Crippen LogP contribution is -2.05. The lowest BCUT2D eigenvalue weighted by atomic mass is 10.3. The van der Waals surface area contributed by atoms with Gasteiger partial charge in [0, 0.05) is 4.47 Å². The van der Waals surface area contributed by atoms with Crippen molar-refractivity contribution in [2.24, 2.45) is 0 Å². The molecule has 7 heteroatoms. The predicted octanol–water partition coefficient (Wildman–Crippen LogP) is 2.64. The van der Waals surface area contributed by atoms with Crippen LogP contribution in [0.25, 0.3) is 5.69 Å². The van der Waals surface area contributed by atoms with Gasteiger partial charge in [-0.1, -0.05) is 15.9 Å². The van der Waals surface area contributed by atoms with Crippen molar-refractivity contribution in [1.29, 1.82) is 0 Å². The molecule has 0 fully saturated rings. The number of hydrogen-bond acceptors (Lipinski definition) is 4. The molecule has 0 radical (unpaired) electrons. The topological polar surface area (TPSA) is 81.1 Å². The number of nitrogens with zero attached hydrogens (tertiary/aromatic N) is 2. The number of aromatic nitrogens is 2. The summed E-state index contributed by atoms with van der Waals surface area (Å²) < 4.78 is 2.36. The van der Waals surface area contributed by atoms with E-state index < -0.39 is 5.97 Å². The molecule has 0 unspecified atom stereocenters. The molecule has 0 atom stereocenters. The van der Waals surface area contributed by atoms with E-state index in [1.807, 2.05) is 24.3 Å². The molecule has 0 saturated heterocycles. The lowest BCUT2D eigenvalue weighted by Gasteiger charge is -2.03. The Labute approximate surface area is 116 Å². The molecule has 2 rings (SSSR count). The maximum absolute atomic E-state index is 11.1. The molecule has 0 saturated carbocycles. The second kappa shape index (κ2) is 5.03. The van der Waals surface area contributed by atoms with Crippen LogP contribution in [0, 0.1) is 0 Å². The minimum absolute atomic E-state index is 0.0467. The van der Waals surface area contributed by atoms with Crippen molar-refractivity contribution >= 4 is 39.5 Å². The Hall–Kier alpha value is -1.47. The van der Waals surface area contributed by atoms with E-state index in [1.165, 1.54) is 16.4 Å². The number of nitrogens with two attached hydrogens (primary N) is 1. The fourth-order valence-electron chi connectivity index (χ4n) is 1.53. The number of carboxylic acid groups (broad SMARTS) is 1. The Balaban J connectivity index is 2.59. The summed E-state index contributed by atoms with van der Waals surface area (Å²) in [5, 5.41) is 13.7. The first kappa shape index (κ1) is 13.0. The van der Waals surface area contributed by atoms with Crippen molar-refractivity contribution < 1.29 is 9.90 Å². The average molecular weight is 328 g/mol. The summed E-state index contributed by atoms with van der Waals surface area (Å²) in [5.74, 6) is -0.936. The van der Waals surface area contributed by atoms with Crippen LogP contribution in [0.4, 0.5) is 5.82 Å². The fraction of sp³-hybridized carbons (Fsp3) is 0.0909. The Bertz CT molecular complexity index is 595. The van der Waals surface area contributed by atoms with Crippen LogP contribution in [0.5, 0.6) is 0 Å². The Morgan fingerprint density at radius 3 is 2.50 bits per heavy atom. The third kappa shape index (κ3) is 2.23. The number of carbonyl (C=O) groups is 1. The van der Waals surface area contributed by atoms with Crippen molar-refractivity contribution in [1.82, 2.24) is 9.78 Å². The average Bonchev–Trinajstić information content (AvgIpc) is 2.67. The minimum atomic E-state index is -1.07. The minimum Gasteiger partial charge on any atom is -0.477 e. The number of anilines is 1. The molecule has 0 spiro atoms. The van der Waals surface area contributed by atoms with E-state index in [-0.39, 0.29) is 11.4 Å². The standard InChI is InChI=1S/C11H10BrN3O2S/c1-18-10-8(11(16)17)9(13)15(14-10)7-4-2-6(12)3-5-7/h2-5H,13H2,1H3,(H,16,17). The summed E-state index contributed by atoms with van der Waals surface area (Å²) in [6, 6.07) is 7.30. The third-order valence-electron chi connectivity index (χ3n) is 2.37. The normalized spacial score (nSPS) is 10.6. The van der Waals surface area contributed by atoms with Gasteiger partial charge in [-0.3, -0.25) is 0 Å². The highest BCUT2D eigenvalue weighted by molar-refractivity contribution is 9.10. The summed E-state index contributed by atoms with van der Waals surface area (Å²) in [4.78, 5) is 11.1. The van der Waals surface area contributed by atoms with E-state index in [1.54, 1.807) is 6.26 Å². The highest BCUT2D eigenvalue weighted by Crippen LogP contribution is 2.27. The molecule has 0 bridgehead atoms. The van der Waals surface area contributed by atoms with Gasteiger partial charge in [-0.15, -0.1) is 11.8 Å². The van der Waals surface area contributed by atoms with E-state index in [4.69, 9.17) is 10.8 Å². The molecule has 2 aromatic rings. The van der Waals surface area contributed by atoms with Gasteiger partial charge in [0.05, 0.1) is 5.69 Å². The van der Waals surface area contributed by atoms with E-state index in [9.17, 15) is 4.79 Å². The summed E-state index contributed by atoms with van der Waals surface area (Å²) in [7, 11) is 0. The zero-order valence-corrected chi connectivity index (χ0v) is 11.8. The molecule has 0 aliphatic rings. The second-order valence-corrected chi connectivity index (χ2v) is 5.17. The zero-order chi connectivity index (χ0) is 13.3. The molecule has 0 amide bonds. The first-order valence-corrected chi connectivity index (χ1v) is 6.98. The fourth-order valence-corrected chi connectivity index (χ4v) is 2.36. The van der Waals surface area contributed by atoms with Gasteiger partial charge < -0.3 is 10.8 Å². The lowest BCUT2D eigenvalue weighted by molar-refractivity contribution is 0.0694. The number of benzene rings is 1. The highest BCUT2D eigenvalue weighted by atomic mass is 79.9. The summed E-state index contributed by atoms with van der Waals surface area (Å²) >= 11 is 4.59. The van der Waals surface area contributed by atoms with Gasteiger partial charge in [-0.05, 0) is 30.5 Å². The molecule has 1 aromatic heterocycles. The SMILES string of the molecule is CSc1nn(-c2ccc(Br)cc2)c(N)c1C(=O)O. The summed E-state index contributed by atoms with van der Waals surface area (Å²) in [6.45, 7) is 0. The van der Waals surface area contributed by atoms with Crippen LogP contribution in [-0.2, 0) is 0 Å². The van der Waals surface area contributed by atoms with Crippen LogP contribution in [0.1, 0.15) is 10.4 Å². The number of carboxylic acids is 1. The van der Waals surface area contributed by atoms with E-state index >= 15 is 0 Å². The zero-order valence-electron chi connectivity index (χ0n) is 9.42. The first-order chi connectivity index (χ1) is 8.54. The number of nitrogen functional groups attached to an aromatic ring is 1. The molecule has 0 aliphatic carbocycles. The molecule has 0 aliphatic heterocycles. The maximum Gasteiger partial charge on any atom is 0.342 e. The van der Waals surface area contributed by atoms with Crippen molar-refractivity contribution in [3.63, 3.8) is 0 Å². The monoisotopic (exact) mass is 327 g/mol. The number of halogens is 1. The molecule has 1 heterocycles. The largest absolute Gasteiger partial charge is 0.477 e.